The number of ether oxygens (including phenoxy) is 1. The van der Waals surface area contributed by atoms with E-state index in [0.29, 0.717) is 5.02 Å². The van der Waals surface area contributed by atoms with Gasteiger partial charge in [-0.1, -0.05) is 90.5 Å². The molecule has 0 aromatic heterocycles. The quantitative estimate of drug-likeness (QED) is 0.260. The molecule has 2 aliphatic rings. The van der Waals surface area contributed by atoms with E-state index in [1.54, 1.807) is 6.92 Å². The Hall–Kier alpha value is -4.07. The van der Waals surface area contributed by atoms with Crippen molar-refractivity contribution in [2.24, 2.45) is 10.2 Å². The number of para-hydroxylation sites is 1. The summed E-state index contributed by atoms with van der Waals surface area (Å²) >= 11 is 7.75. The summed E-state index contributed by atoms with van der Waals surface area (Å²) in [4.78, 5) is 12.0. The number of carbonyl (C=O) groups is 1. The van der Waals surface area contributed by atoms with Gasteiger partial charge < -0.3 is 4.74 Å². The molecule has 0 bridgehead atoms. The Morgan fingerprint density at radius 1 is 0.842 bits per heavy atom. The van der Waals surface area contributed by atoms with Gasteiger partial charge in [0.05, 0.1) is 23.7 Å². The van der Waals surface area contributed by atoms with Crippen LogP contribution in [-0.2, 0) is 14.5 Å². The molecule has 1 spiro atoms. The van der Waals surface area contributed by atoms with Crippen LogP contribution in [0.25, 0.3) is 0 Å². The van der Waals surface area contributed by atoms with Gasteiger partial charge in [-0.05, 0) is 49.0 Å². The summed E-state index contributed by atoms with van der Waals surface area (Å²) in [6, 6.07) is 35.6. The predicted molar refractivity (Wildman–Crippen MR) is 155 cm³/mol. The third-order valence-electron chi connectivity index (χ3n) is 6.29. The number of benzene rings is 4. The summed E-state index contributed by atoms with van der Waals surface area (Å²) in [5, 5.41) is 14.7. The largest absolute Gasteiger partial charge is 0.461 e. The first-order chi connectivity index (χ1) is 18.6. The van der Waals surface area contributed by atoms with Crippen LogP contribution >= 0.6 is 23.4 Å². The third-order valence-corrected chi connectivity index (χ3v) is 7.82. The van der Waals surface area contributed by atoms with Crippen molar-refractivity contribution in [3.05, 3.63) is 131 Å². The number of fused-ring (bicyclic) bond motifs is 2. The van der Waals surface area contributed by atoms with Crippen molar-refractivity contribution in [3.8, 4) is 0 Å². The van der Waals surface area contributed by atoms with Crippen molar-refractivity contribution in [2.45, 2.75) is 11.9 Å². The van der Waals surface area contributed by atoms with Crippen molar-refractivity contribution >= 4 is 51.5 Å². The predicted octanol–water partition coefficient (Wildman–Crippen LogP) is 6.85. The SMILES string of the molecule is CCOC(=O)C1=NN(c2cccc(Cl)c2)C2(S1)c1ccccc1C(c1ccccc1)=NN2c1ccccc1. The summed E-state index contributed by atoms with van der Waals surface area (Å²) in [6.07, 6.45) is 0. The van der Waals surface area contributed by atoms with E-state index < -0.39 is 11.0 Å². The number of carbonyl (C=O) groups excluding carboxylic acids is 1. The van der Waals surface area contributed by atoms with E-state index >= 15 is 0 Å². The Morgan fingerprint density at radius 3 is 2.24 bits per heavy atom. The van der Waals surface area contributed by atoms with Crippen molar-refractivity contribution in [1.29, 1.82) is 0 Å². The normalized spacial score (nSPS) is 18.2. The molecule has 2 heterocycles. The van der Waals surface area contributed by atoms with Crippen LogP contribution in [0.4, 0.5) is 11.4 Å². The first-order valence-corrected chi connectivity index (χ1v) is 13.4. The maximum Gasteiger partial charge on any atom is 0.365 e. The Labute approximate surface area is 230 Å². The van der Waals surface area contributed by atoms with E-state index in [9.17, 15) is 4.79 Å². The Morgan fingerprint density at radius 2 is 1.50 bits per heavy atom. The summed E-state index contributed by atoms with van der Waals surface area (Å²) < 4.78 is 5.39. The average Bonchev–Trinajstić information content (AvgIpc) is 3.36. The second-order valence-corrected chi connectivity index (χ2v) is 10.2. The molecular weight excluding hydrogens is 516 g/mol. The molecular formula is C30H23ClN4O2S. The average molecular weight is 539 g/mol. The van der Waals surface area contributed by atoms with Gasteiger partial charge in [-0.15, -0.1) is 0 Å². The minimum atomic E-state index is -1.07. The van der Waals surface area contributed by atoms with E-state index in [-0.39, 0.29) is 11.7 Å². The van der Waals surface area contributed by atoms with E-state index in [4.69, 9.17) is 26.5 Å². The molecule has 0 amide bonds. The monoisotopic (exact) mass is 538 g/mol. The lowest BCUT2D eigenvalue weighted by Crippen LogP contribution is -2.54. The molecule has 0 aliphatic carbocycles. The molecule has 38 heavy (non-hydrogen) atoms. The van der Waals surface area contributed by atoms with Crippen LogP contribution in [-0.4, -0.2) is 23.3 Å². The van der Waals surface area contributed by atoms with Crippen LogP contribution in [0.1, 0.15) is 23.6 Å². The molecule has 2 aliphatic heterocycles. The summed E-state index contributed by atoms with van der Waals surface area (Å²) in [6.45, 7) is 2.03. The number of rotatable bonds is 5. The number of nitrogens with zero attached hydrogens (tertiary/aromatic N) is 4. The van der Waals surface area contributed by atoms with Crippen molar-refractivity contribution in [3.63, 3.8) is 0 Å². The standard InChI is InChI=1S/C30H23ClN4O2S/c1-2-37-29(36)28-33-35(24-17-11-14-22(31)20-24)30(38-28)26-19-10-9-18-25(26)27(21-12-5-3-6-13-21)32-34(30)23-15-7-4-8-16-23/h3-20H,2H2,1H3. The number of thioether (sulfide) groups is 1. The van der Waals surface area contributed by atoms with Crippen molar-refractivity contribution in [2.75, 3.05) is 16.6 Å². The smallest absolute Gasteiger partial charge is 0.365 e. The second-order valence-electron chi connectivity index (χ2n) is 8.64. The van der Waals surface area contributed by atoms with Gasteiger partial charge in [0.25, 0.3) is 0 Å². The highest BCUT2D eigenvalue weighted by Gasteiger charge is 2.56. The number of hydrogen-bond donors (Lipinski definition) is 0. The molecule has 0 fully saturated rings. The van der Waals surface area contributed by atoms with Gasteiger partial charge >= 0.3 is 5.97 Å². The third kappa shape index (κ3) is 4.04. The highest BCUT2D eigenvalue weighted by molar-refractivity contribution is 8.16. The molecule has 8 heteroatoms. The lowest BCUT2D eigenvalue weighted by Gasteiger charge is -2.47. The molecule has 6 nitrogen and oxygen atoms in total. The molecule has 0 saturated heterocycles. The number of hydrazone groups is 2. The Bertz CT molecular complexity index is 1560. The van der Waals surface area contributed by atoms with Crippen LogP contribution in [0.2, 0.25) is 5.02 Å². The van der Waals surface area contributed by atoms with E-state index in [0.717, 1.165) is 33.8 Å². The first-order valence-electron chi connectivity index (χ1n) is 12.2. The molecule has 0 saturated carbocycles. The number of halogens is 1. The second kappa shape index (κ2) is 10.0. The lowest BCUT2D eigenvalue weighted by molar-refractivity contribution is -0.134. The zero-order valence-corrected chi connectivity index (χ0v) is 22.1. The van der Waals surface area contributed by atoms with Crippen LogP contribution in [0.3, 0.4) is 0 Å². The molecule has 1 atom stereocenters. The van der Waals surface area contributed by atoms with Gasteiger partial charge in [0.2, 0.25) is 10.0 Å². The van der Waals surface area contributed by atoms with Gasteiger partial charge in [-0.2, -0.15) is 10.2 Å². The van der Waals surface area contributed by atoms with Crippen molar-refractivity contribution in [1.82, 2.24) is 0 Å². The highest BCUT2D eigenvalue weighted by atomic mass is 35.5. The Kier molecular flexibility index (Phi) is 6.39. The maximum atomic E-state index is 13.1. The van der Waals surface area contributed by atoms with Crippen LogP contribution in [0, 0.1) is 0 Å². The van der Waals surface area contributed by atoms with Crippen LogP contribution < -0.4 is 10.0 Å². The number of anilines is 2. The zero-order chi connectivity index (χ0) is 26.1. The fourth-order valence-corrected chi connectivity index (χ4v) is 6.17. The highest BCUT2D eigenvalue weighted by Crippen LogP contribution is 2.55. The van der Waals surface area contributed by atoms with Gasteiger partial charge in [0.15, 0.2) is 0 Å². The minimum Gasteiger partial charge on any atom is -0.461 e. The summed E-state index contributed by atoms with van der Waals surface area (Å²) in [7, 11) is 0. The number of esters is 1. The molecule has 6 rings (SSSR count). The molecule has 4 aromatic rings. The lowest BCUT2D eigenvalue weighted by atomic mass is 9.93. The molecule has 4 aromatic carbocycles. The van der Waals surface area contributed by atoms with Crippen LogP contribution in [0.15, 0.2) is 119 Å². The fraction of sp³-hybridized carbons (Fsp3) is 0.100. The maximum absolute atomic E-state index is 13.1. The molecule has 1 unspecified atom stereocenters. The van der Waals surface area contributed by atoms with E-state index in [1.807, 2.05) is 107 Å². The van der Waals surface area contributed by atoms with Gasteiger partial charge in [-0.3, -0.25) is 0 Å². The van der Waals surface area contributed by atoms with Gasteiger partial charge in [-0.25, -0.2) is 14.8 Å². The fourth-order valence-electron chi connectivity index (χ4n) is 4.70. The van der Waals surface area contributed by atoms with Gasteiger partial charge in [0, 0.05) is 21.7 Å². The summed E-state index contributed by atoms with van der Waals surface area (Å²) in [5.74, 6) is -0.482. The van der Waals surface area contributed by atoms with E-state index in [2.05, 4.69) is 12.1 Å². The number of hydrogen-bond acceptors (Lipinski definition) is 7. The van der Waals surface area contributed by atoms with Crippen LogP contribution in [0.5, 0.6) is 0 Å². The molecule has 0 N–H and O–H groups in total. The minimum absolute atomic E-state index is 0.237. The zero-order valence-electron chi connectivity index (χ0n) is 20.5. The summed E-state index contributed by atoms with van der Waals surface area (Å²) in [5.41, 5.74) is 5.26. The Balaban J connectivity index is 1.65. The van der Waals surface area contributed by atoms with E-state index in [1.165, 1.54) is 11.8 Å². The van der Waals surface area contributed by atoms with Crippen molar-refractivity contribution < 1.29 is 9.53 Å². The first kappa shape index (κ1) is 24.3. The molecule has 188 valence electrons. The topological polar surface area (TPSA) is 57.5 Å². The molecule has 0 radical (unpaired) electrons. The van der Waals surface area contributed by atoms with Gasteiger partial charge in [0.1, 0.15) is 0 Å².